The highest BCUT2D eigenvalue weighted by Gasteiger charge is 2.18. The number of anilines is 2. The zero-order chi connectivity index (χ0) is 21.1. The number of aliphatic hydroxyl groups excluding tert-OH is 1. The highest BCUT2D eigenvalue weighted by Crippen LogP contribution is 2.36. The quantitative estimate of drug-likeness (QED) is 0.558. The fraction of sp³-hybridized carbons (Fsp3) is 0.273. The Morgan fingerprint density at radius 3 is 2.67 bits per heavy atom. The minimum atomic E-state index is -0.537. The number of nitrogens with zero attached hydrogens (tertiary/aromatic N) is 2. The van der Waals surface area contributed by atoms with E-state index in [1.165, 1.54) is 23.5 Å². The lowest BCUT2D eigenvalue weighted by Crippen LogP contribution is -2.35. The topological polar surface area (TPSA) is 91.5 Å². The van der Waals surface area contributed by atoms with Crippen LogP contribution in [0.5, 0.6) is 0 Å². The van der Waals surface area contributed by atoms with Crippen molar-refractivity contribution in [3.05, 3.63) is 65.6 Å². The van der Waals surface area contributed by atoms with Crippen LogP contribution < -0.4 is 11.1 Å². The van der Waals surface area contributed by atoms with E-state index in [1.54, 1.807) is 18.2 Å². The number of nitrogens with one attached hydrogen (secondary N) is 1. The first-order valence-electron chi connectivity index (χ1n) is 9.81. The van der Waals surface area contributed by atoms with E-state index in [9.17, 15) is 14.3 Å². The van der Waals surface area contributed by atoms with Crippen molar-refractivity contribution >= 4 is 28.1 Å². The molecule has 156 valence electrons. The maximum atomic E-state index is 13.2. The Bertz CT molecular complexity index is 1030. The molecule has 4 N–H and O–H groups in total. The van der Waals surface area contributed by atoms with Crippen molar-refractivity contribution in [3.63, 3.8) is 0 Å². The number of benzene rings is 1. The summed E-state index contributed by atoms with van der Waals surface area (Å²) in [6.45, 7) is 2.40. The number of hydrogen-bond acceptors (Lipinski definition) is 6. The van der Waals surface area contributed by atoms with Gasteiger partial charge in [0.2, 0.25) is 0 Å². The van der Waals surface area contributed by atoms with Crippen LogP contribution in [0.15, 0.2) is 48.5 Å². The Labute approximate surface area is 178 Å². The number of carbonyl (C=O) groups is 1. The van der Waals surface area contributed by atoms with Crippen LogP contribution in [0.3, 0.4) is 0 Å². The molecule has 0 atom stereocenters. The van der Waals surface area contributed by atoms with E-state index in [0.29, 0.717) is 22.9 Å². The lowest BCUT2D eigenvalue weighted by Gasteiger charge is -2.29. The first kappa shape index (κ1) is 20.5. The maximum Gasteiger partial charge on any atom is 0.251 e. The molecule has 8 heteroatoms. The second-order valence-electron chi connectivity index (χ2n) is 7.37. The zero-order valence-electron chi connectivity index (χ0n) is 16.3. The predicted molar refractivity (Wildman–Crippen MR) is 116 cm³/mol. The van der Waals surface area contributed by atoms with Gasteiger partial charge in [0.05, 0.1) is 17.4 Å². The molecular weight excluding hydrogens is 403 g/mol. The van der Waals surface area contributed by atoms with Gasteiger partial charge in [0.1, 0.15) is 16.6 Å². The van der Waals surface area contributed by atoms with Gasteiger partial charge in [-0.15, -0.1) is 11.3 Å². The Morgan fingerprint density at radius 2 is 1.97 bits per heavy atom. The molecule has 0 saturated carbocycles. The number of rotatable bonds is 6. The van der Waals surface area contributed by atoms with Crippen molar-refractivity contribution in [3.8, 4) is 10.4 Å². The summed E-state index contributed by atoms with van der Waals surface area (Å²) in [5.41, 5.74) is 7.66. The van der Waals surface area contributed by atoms with Crippen LogP contribution in [-0.4, -0.2) is 40.1 Å². The summed E-state index contributed by atoms with van der Waals surface area (Å²) in [6, 6.07) is 13.5. The number of piperidine rings is 1. The molecule has 1 saturated heterocycles. The highest BCUT2D eigenvalue weighted by molar-refractivity contribution is 7.19. The zero-order valence-corrected chi connectivity index (χ0v) is 17.2. The SMILES string of the molecule is NC(=O)c1cc(-c2ccc(F)cc2)sc1Nc1cccc(CN2CCC(O)CC2)n1. The molecule has 0 aliphatic carbocycles. The highest BCUT2D eigenvalue weighted by atomic mass is 32.1. The van der Waals surface area contributed by atoms with Crippen molar-refractivity contribution in [1.82, 2.24) is 9.88 Å². The lowest BCUT2D eigenvalue weighted by atomic mass is 10.1. The standard InChI is InChI=1S/C22H23FN4O2S/c23-15-6-4-14(5-7-15)19-12-18(21(24)29)22(30-19)26-20-3-1-2-16(25-20)13-27-10-8-17(28)9-11-27/h1-7,12,17,28H,8-11,13H2,(H2,24,29)(H,25,26). The number of halogens is 1. The van der Waals surface area contributed by atoms with E-state index in [4.69, 9.17) is 5.73 Å². The van der Waals surface area contributed by atoms with Gasteiger partial charge in [-0.1, -0.05) is 18.2 Å². The van der Waals surface area contributed by atoms with Crippen LogP contribution in [0.4, 0.5) is 15.2 Å². The normalized spacial score (nSPS) is 15.3. The number of carbonyl (C=O) groups excluding carboxylic acids is 1. The average molecular weight is 427 g/mol. The number of nitrogens with two attached hydrogens (primary N) is 1. The summed E-state index contributed by atoms with van der Waals surface area (Å²) in [7, 11) is 0. The van der Waals surface area contributed by atoms with Crippen molar-refractivity contribution < 1.29 is 14.3 Å². The number of thiophene rings is 1. The van der Waals surface area contributed by atoms with Gasteiger partial charge in [0.15, 0.2) is 0 Å². The van der Waals surface area contributed by atoms with Crippen LogP contribution in [0.2, 0.25) is 0 Å². The number of pyridine rings is 1. The van der Waals surface area contributed by atoms with Gasteiger partial charge in [0, 0.05) is 24.5 Å². The molecule has 1 aliphatic rings. The molecule has 30 heavy (non-hydrogen) atoms. The molecule has 0 unspecified atom stereocenters. The number of primary amides is 1. The molecule has 0 radical (unpaired) electrons. The lowest BCUT2D eigenvalue weighted by molar-refractivity contribution is 0.0787. The summed E-state index contributed by atoms with van der Waals surface area (Å²) < 4.78 is 13.2. The summed E-state index contributed by atoms with van der Waals surface area (Å²) in [4.78, 5) is 19.7. The van der Waals surface area contributed by atoms with E-state index < -0.39 is 5.91 Å². The number of amides is 1. The Kier molecular flexibility index (Phi) is 6.08. The molecule has 0 bridgehead atoms. The number of likely N-dealkylation sites (tertiary alicyclic amines) is 1. The van der Waals surface area contributed by atoms with Crippen molar-refractivity contribution in [2.45, 2.75) is 25.5 Å². The van der Waals surface area contributed by atoms with Gasteiger partial charge < -0.3 is 16.2 Å². The predicted octanol–water partition coefficient (Wildman–Crippen LogP) is 3.75. The summed E-state index contributed by atoms with van der Waals surface area (Å²) in [6.07, 6.45) is 1.35. The second-order valence-corrected chi connectivity index (χ2v) is 8.42. The van der Waals surface area contributed by atoms with E-state index in [-0.39, 0.29) is 11.9 Å². The van der Waals surface area contributed by atoms with E-state index >= 15 is 0 Å². The monoisotopic (exact) mass is 426 g/mol. The smallest absolute Gasteiger partial charge is 0.251 e. The molecule has 1 aliphatic heterocycles. The molecule has 0 spiro atoms. The summed E-state index contributed by atoms with van der Waals surface area (Å²) in [5.74, 6) is -0.224. The molecule has 3 aromatic rings. The fourth-order valence-electron chi connectivity index (χ4n) is 3.48. The van der Waals surface area contributed by atoms with Gasteiger partial charge in [0.25, 0.3) is 5.91 Å². The molecule has 3 heterocycles. The maximum absolute atomic E-state index is 13.2. The van der Waals surface area contributed by atoms with Gasteiger partial charge in [-0.25, -0.2) is 9.37 Å². The third kappa shape index (κ3) is 4.84. The average Bonchev–Trinajstić information content (AvgIpc) is 3.15. The molecular formula is C22H23FN4O2S. The van der Waals surface area contributed by atoms with Crippen LogP contribution in [0.25, 0.3) is 10.4 Å². The minimum Gasteiger partial charge on any atom is -0.393 e. The van der Waals surface area contributed by atoms with Gasteiger partial charge >= 0.3 is 0 Å². The van der Waals surface area contributed by atoms with Crippen LogP contribution >= 0.6 is 11.3 Å². The second kappa shape index (κ2) is 8.91. The van der Waals surface area contributed by atoms with Gasteiger partial charge in [-0.05, 0) is 48.7 Å². The Balaban J connectivity index is 1.53. The Hall–Kier alpha value is -2.81. The van der Waals surface area contributed by atoms with E-state index in [2.05, 4.69) is 15.2 Å². The minimum absolute atomic E-state index is 0.205. The number of hydrogen-bond donors (Lipinski definition) is 3. The van der Waals surface area contributed by atoms with Crippen molar-refractivity contribution in [2.75, 3.05) is 18.4 Å². The molecule has 1 fully saturated rings. The van der Waals surface area contributed by atoms with Gasteiger partial charge in [-0.3, -0.25) is 9.69 Å². The third-order valence-corrected chi connectivity index (χ3v) is 6.22. The van der Waals surface area contributed by atoms with Crippen molar-refractivity contribution in [1.29, 1.82) is 0 Å². The van der Waals surface area contributed by atoms with Crippen molar-refractivity contribution in [2.24, 2.45) is 5.73 Å². The first-order chi connectivity index (χ1) is 14.5. The molecule has 1 aromatic carbocycles. The fourth-order valence-corrected chi connectivity index (χ4v) is 4.56. The Morgan fingerprint density at radius 1 is 1.23 bits per heavy atom. The molecule has 1 amide bonds. The number of aromatic nitrogens is 1. The summed E-state index contributed by atoms with van der Waals surface area (Å²) in [5, 5.41) is 13.5. The van der Waals surface area contributed by atoms with E-state index in [0.717, 1.165) is 42.1 Å². The third-order valence-electron chi connectivity index (χ3n) is 5.12. The molecule has 2 aromatic heterocycles. The van der Waals surface area contributed by atoms with Gasteiger partial charge in [-0.2, -0.15) is 0 Å². The largest absolute Gasteiger partial charge is 0.393 e. The summed E-state index contributed by atoms with van der Waals surface area (Å²) >= 11 is 1.37. The number of aliphatic hydroxyl groups is 1. The molecule has 6 nitrogen and oxygen atoms in total. The molecule has 4 rings (SSSR count). The van der Waals surface area contributed by atoms with Crippen LogP contribution in [0.1, 0.15) is 28.9 Å². The van der Waals surface area contributed by atoms with Crippen LogP contribution in [-0.2, 0) is 6.54 Å². The first-order valence-corrected chi connectivity index (χ1v) is 10.6. The van der Waals surface area contributed by atoms with E-state index in [1.807, 2.05) is 18.2 Å². The van der Waals surface area contributed by atoms with Crippen LogP contribution in [0, 0.1) is 5.82 Å².